The molecule has 0 spiro atoms. The molecule has 0 aliphatic carbocycles. The largest absolute Gasteiger partial charge is 0.345 e. The van der Waals surface area contributed by atoms with Gasteiger partial charge in [0.25, 0.3) is 5.91 Å². The van der Waals surface area contributed by atoms with E-state index < -0.39 is 0 Å². The number of carbonyl (C=O) groups excluding carboxylic acids is 1. The van der Waals surface area contributed by atoms with Crippen LogP contribution in [-0.2, 0) is 13.1 Å². The molecule has 2 aromatic rings. The van der Waals surface area contributed by atoms with Crippen LogP contribution in [0.25, 0.3) is 0 Å². The molecule has 0 radical (unpaired) electrons. The Bertz CT molecular complexity index is 828. The fraction of sp³-hybridized carbons (Fsp3) is 0.611. The second kappa shape index (κ2) is 8.43. The molecule has 1 saturated heterocycles. The van der Waals surface area contributed by atoms with E-state index in [-0.39, 0.29) is 17.5 Å². The summed E-state index contributed by atoms with van der Waals surface area (Å²) in [7, 11) is 3.95. The zero-order valence-electron chi connectivity index (χ0n) is 16.2. The van der Waals surface area contributed by atoms with E-state index in [9.17, 15) is 9.59 Å². The quantitative estimate of drug-likeness (QED) is 0.730. The number of aromatic nitrogens is 5. The maximum atomic E-state index is 12.7. The predicted molar refractivity (Wildman–Crippen MR) is 101 cm³/mol. The first-order valence-electron chi connectivity index (χ1n) is 9.37. The lowest BCUT2D eigenvalue weighted by atomic mass is 9.96. The van der Waals surface area contributed by atoms with Crippen molar-refractivity contribution in [2.24, 2.45) is 0 Å². The van der Waals surface area contributed by atoms with Crippen LogP contribution in [0.2, 0.25) is 0 Å². The molecule has 27 heavy (non-hydrogen) atoms. The topological polar surface area (TPSA) is 89.2 Å². The van der Waals surface area contributed by atoms with Crippen LogP contribution in [-0.4, -0.2) is 73.8 Å². The lowest BCUT2D eigenvalue weighted by Gasteiger charge is -2.32. The SMILES string of the molecule is CCn1c([C@H]2CCCN(C(=O)c3cncnc3)C2)nn(CCN(C)C)c1=O. The average molecular weight is 373 g/mol. The van der Waals surface area contributed by atoms with Gasteiger partial charge in [-0.05, 0) is 33.9 Å². The summed E-state index contributed by atoms with van der Waals surface area (Å²) in [5, 5.41) is 4.62. The third-order valence-electron chi connectivity index (χ3n) is 4.91. The van der Waals surface area contributed by atoms with Crippen molar-refractivity contribution in [3.63, 3.8) is 0 Å². The van der Waals surface area contributed by atoms with E-state index in [1.165, 1.54) is 18.7 Å². The predicted octanol–water partition coefficient (Wildman–Crippen LogP) is 0.436. The number of carbonyl (C=O) groups is 1. The fourth-order valence-corrected chi connectivity index (χ4v) is 3.46. The van der Waals surface area contributed by atoms with Crippen molar-refractivity contribution in [3.8, 4) is 0 Å². The maximum absolute atomic E-state index is 12.7. The van der Waals surface area contributed by atoms with E-state index >= 15 is 0 Å². The first-order chi connectivity index (χ1) is 13.0. The fourth-order valence-electron chi connectivity index (χ4n) is 3.46. The van der Waals surface area contributed by atoms with Crippen LogP contribution in [0, 0.1) is 0 Å². The van der Waals surface area contributed by atoms with Gasteiger partial charge >= 0.3 is 5.69 Å². The zero-order chi connectivity index (χ0) is 19.4. The highest BCUT2D eigenvalue weighted by molar-refractivity contribution is 5.93. The standard InChI is InChI=1S/C18H27N7O2/c1-4-24-16(21-25(18(24)27)9-8-22(2)3)14-6-5-7-23(12-14)17(26)15-10-19-13-20-11-15/h10-11,13-14H,4-9,12H2,1-3H3/t14-/m0/s1. The van der Waals surface area contributed by atoms with Gasteiger partial charge in [-0.25, -0.2) is 19.4 Å². The number of nitrogens with zero attached hydrogens (tertiary/aromatic N) is 7. The number of amides is 1. The Morgan fingerprint density at radius 2 is 2.04 bits per heavy atom. The van der Waals surface area contributed by atoms with Gasteiger partial charge in [0.05, 0.1) is 12.1 Å². The first-order valence-corrected chi connectivity index (χ1v) is 9.37. The minimum Gasteiger partial charge on any atom is -0.338 e. The Morgan fingerprint density at radius 1 is 1.30 bits per heavy atom. The summed E-state index contributed by atoms with van der Waals surface area (Å²) in [6, 6.07) is 0. The van der Waals surface area contributed by atoms with Crippen LogP contribution in [0.1, 0.15) is 41.9 Å². The van der Waals surface area contributed by atoms with E-state index in [1.807, 2.05) is 30.8 Å². The van der Waals surface area contributed by atoms with Crippen molar-refractivity contribution in [2.75, 3.05) is 33.7 Å². The van der Waals surface area contributed by atoms with Crippen molar-refractivity contribution in [1.82, 2.24) is 34.1 Å². The second-order valence-electron chi connectivity index (χ2n) is 7.13. The highest BCUT2D eigenvalue weighted by Crippen LogP contribution is 2.26. The molecule has 1 atom stereocenters. The number of likely N-dealkylation sites (N-methyl/N-ethyl adjacent to an activating group) is 1. The molecule has 0 bridgehead atoms. The number of hydrogen-bond acceptors (Lipinski definition) is 6. The molecule has 0 unspecified atom stereocenters. The summed E-state index contributed by atoms with van der Waals surface area (Å²) in [4.78, 5) is 37.1. The van der Waals surface area contributed by atoms with Gasteiger partial charge in [-0.3, -0.25) is 9.36 Å². The van der Waals surface area contributed by atoms with Crippen molar-refractivity contribution in [1.29, 1.82) is 0 Å². The number of rotatable bonds is 6. The van der Waals surface area contributed by atoms with Gasteiger partial charge in [0.1, 0.15) is 12.2 Å². The van der Waals surface area contributed by atoms with E-state index in [0.717, 1.165) is 25.2 Å². The van der Waals surface area contributed by atoms with Gasteiger partial charge < -0.3 is 9.80 Å². The van der Waals surface area contributed by atoms with Gasteiger partial charge in [0.15, 0.2) is 0 Å². The van der Waals surface area contributed by atoms with E-state index in [4.69, 9.17) is 0 Å². The Morgan fingerprint density at radius 3 is 2.70 bits per heavy atom. The molecule has 0 aromatic carbocycles. The van der Waals surface area contributed by atoms with Gasteiger partial charge in [-0.15, -0.1) is 0 Å². The first kappa shape index (κ1) is 19.2. The van der Waals surface area contributed by atoms with Crippen LogP contribution in [0.15, 0.2) is 23.5 Å². The highest BCUT2D eigenvalue weighted by atomic mass is 16.2. The molecular weight excluding hydrogens is 346 g/mol. The van der Waals surface area contributed by atoms with Crippen LogP contribution in [0.3, 0.4) is 0 Å². The molecular formula is C18H27N7O2. The minimum absolute atomic E-state index is 0.0561. The smallest absolute Gasteiger partial charge is 0.338 e. The molecule has 9 heteroatoms. The number of hydrogen-bond donors (Lipinski definition) is 0. The van der Waals surface area contributed by atoms with E-state index in [1.54, 1.807) is 9.25 Å². The Balaban J connectivity index is 1.80. The monoisotopic (exact) mass is 373 g/mol. The summed E-state index contributed by atoms with van der Waals surface area (Å²) in [5.41, 5.74) is 0.414. The van der Waals surface area contributed by atoms with Crippen molar-refractivity contribution < 1.29 is 4.79 Å². The molecule has 1 amide bonds. The van der Waals surface area contributed by atoms with Crippen LogP contribution < -0.4 is 5.69 Å². The Kier molecular flexibility index (Phi) is 6.00. The molecule has 0 N–H and O–H groups in total. The van der Waals surface area contributed by atoms with E-state index in [2.05, 4.69) is 15.1 Å². The third kappa shape index (κ3) is 4.24. The number of likely N-dealkylation sites (tertiary alicyclic amines) is 1. The van der Waals surface area contributed by atoms with Crippen molar-refractivity contribution in [3.05, 3.63) is 40.6 Å². The van der Waals surface area contributed by atoms with Crippen LogP contribution in [0.4, 0.5) is 0 Å². The van der Waals surface area contributed by atoms with Crippen molar-refractivity contribution >= 4 is 5.91 Å². The van der Waals surface area contributed by atoms with Gasteiger partial charge in [-0.1, -0.05) is 0 Å². The van der Waals surface area contributed by atoms with Crippen LogP contribution >= 0.6 is 0 Å². The molecule has 0 saturated carbocycles. The summed E-state index contributed by atoms with van der Waals surface area (Å²) in [6.07, 6.45) is 6.29. The summed E-state index contributed by atoms with van der Waals surface area (Å²) in [6.45, 7) is 5.09. The summed E-state index contributed by atoms with van der Waals surface area (Å²) >= 11 is 0. The number of piperidine rings is 1. The lowest BCUT2D eigenvalue weighted by molar-refractivity contribution is 0.0702. The van der Waals surface area contributed by atoms with Crippen molar-refractivity contribution in [2.45, 2.75) is 38.8 Å². The summed E-state index contributed by atoms with van der Waals surface area (Å²) < 4.78 is 3.28. The highest BCUT2D eigenvalue weighted by Gasteiger charge is 2.29. The molecule has 1 aliphatic rings. The Labute approximate surface area is 158 Å². The molecule has 3 heterocycles. The molecule has 9 nitrogen and oxygen atoms in total. The average Bonchev–Trinajstić information content (AvgIpc) is 3.02. The van der Waals surface area contributed by atoms with Gasteiger partial charge in [0.2, 0.25) is 0 Å². The minimum atomic E-state index is -0.0748. The molecule has 2 aromatic heterocycles. The molecule has 3 rings (SSSR count). The maximum Gasteiger partial charge on any atom is 0.345 e. The molecule has 1 aliphatic heterocycles. The molecule has 1 fully saturated rings. The second-order valence-corrected chi connectivity index (χ2v) is 7.13. The van der Waals surface area contributed by atoms with Gasteiger partial charge in [0, 0.05) is 44.5 Å². The zero-order valence-corrected chi connectivity index (χ0v) is 16.2. The normalized spacial score (nSPS) is 17.5. The summed E-state index contributed by atoms with van der Waals surface area (Å²) in [5.74, 6) is 0.765. The van der Waals surface area contributed by atoms with E-state index in [0.29, 0.717) is 31.7 Å². The van der Waals surface area contributed by atoms with Gasteiger partial charge in [-0.2, -0.15) is 5.10 Å². The Hall–Kier alpha value is -2.55. The molecule has 146 valence electrons. The third-order valence-corrected chi connectivity index (χ3v) is 4.91. The lowest BCUT2D eigenvalue weighted by Crippen LogP contribution is -2.40. The van der Waals surface area contributed by atoms with Crippen LogP contribution in [0.5, 0.6) is 0 Å².